The van der Waals surface area contributed by atoms with Crippen molar-refractivity contribution in [2.24, 2.45) is 11.3 Å². The largest absolute Gasteiger partial charge is 0.497 e. The molecule has 57 heavy (non-hydrogen) atoms. The number of esters is 1. The van der Waals surface area contributed by atoms with Gasteiger partial charge in [-0.3, -0.25) is 24.0 Å². The Balaban J connectivity index is 1.83. The van der Waals surface area contributed by atoms with Crippen LogP contribution in [0.5, 0.6) is 5.75 Å². The number of likely N-dealkylation sites (N-methyl/N-ethyl adjacent to an activating group) is 2. The molecule has 2 saturated heterocycles. The maximum Gasteiger partial charge on any atom is 0.328 e. The molecule has 2 aromatic carbocycles. The number of carbonyl (C=O) groups excluding carboxylic acids is 6. The molecule has 0 radical (unpaired) electrons. The van der Waals surface area contributed by atoms with E-state index in [0.717, 1.165) is 11.1 Å². The van der Waals surface area contributed by atoms with Gasteiger partial charge in [-0.25, -0.2) is 4.79 Å². The van der Waals surface area contributed by atoms with Gasteiger partial charge in [0.15, 0.2) is 0 Å². The van der Waals surface area contributed by atoms with Gasteiger partial charge in [-0.2, -0.15) is 0 Å². The Kier molecular flexibility index (Phi) is 15.3. The lowest BCUT2D eigenvalue weighted by Gasteiger charge is -2.38. The van der Waals surface area contributed by atoms with Crippen LogP contribution in [0, 0.1) is 23.7 Å². The fourth-order valence-electron chi connectivity index (χ4n) is 7.41. The number of hydrogen-bond acceptors (Lipinski definition) is 8. The molecule has 2 aliphatic heterocycles. The van der Waals surface area contributed by atoms with Crippen LogP contribution < -0.4 is 15.4 Å². The van der Waals surface area contributed by atoms with E-state index in [2.05, 4.69) is 16.6 Å². The second kappa shape index (κ2) is 19.7. The van der Waals surface area contributed by atoms with Crippen LogP contribution in [0.1, 0.15) is 77.8 Å². The first-order chi connectivity index (χ1) is 27.0. The zero-order valence-corrected chi connectivity index (χ0v) is 34.6. The Bertz CT molecular complexity index is 1790. The van der Waals surface area contributed by atoms with Gasteiger partial charge in [0.05, 0.1) is 12.5 Å². The highest BCUT2D eigenvalue weighted by molar-refractivity contribution is 5.97. The zero-order valence-electron chi connectivity index (χ0n) is 34.6. The van der Waals surface area contributed by atoms with Crippen molar-refractivity contribution in [1.82, 2.24) is 25.3 Å². The fraction of sp³-hybridized carbons (Fsp3) is 0.545. The molecular weight excluding hydrogens is 727 g/mol. The molecular formula is C44H59N5O8. The molecule has 2 aromatic rings. The highest BCUT2D eigenvalue weighted by Gasteiger charge is 2.46. The fourth-order valence-corrected chi connectivity index (χ4v) is 7.41. The summed E-state index contributed by atoms with van der Waals surface area (Å²) in [6.45, 7) is 8.62. The van der Waals surface area contributed by atoms with Crippen molar-refractivity contribution in [3.05, 3.63) is 65.7 Å². The Morgan fingerprint density at radius 1 is 0.877 bits per heavy atom. The van der Waals surface area contributed by atoms with E-state index < -0.39 is 83.2 Å². The number of unbranched alkanes of at least 4 members (excludes halogenated alkanes) is 1. The molecule has 4 rings (SSSR count). The molecule has 2 fully saturated rings. The minimum absolute atomic E-state index is 0.0902. The van der Waals surface area contributed by atoms with E-state index in [-0.39, 0.29) is 25.8 Å². The summed E-state index contributed by atoms with van der Waals surface area (Å²) < 4.78 is 11.3. The van der Waals surface area contributed by atoms with Gasteiger partial charge < -0.3 is 34.8 Å². The van der Waals surface area contributed by atoms with Crippen molar-refractivity contribution in [3.63, 3.8) is 0 Å². The van der Waals surface area contributed by atoms with Crippen molar-refractivity contribution >= 4 is 35.5 Å². The monoisotopic (exact) mass is 785 g/mol. The van der Waals surface area contributed by atoms with E-state index in [9.17, 15) is 28.8 Å². The Morgan fingerprint density at radius 2 is 1.49 bits per heavy atom. The Hall–Kier alpha value is -5.38. The van der Waals surface area contributed by atoms with Crippen LogP contribution in [-0.4, -0.2) is 114 Å². The third kappa shape index (κ3) is 10.7. The lowest BCUT2D eigenvalue weighted by Crippen LogP contribution is -2.60. The Labute approximate surface area is 337 Å². The topological polar surface area (TPSA) is 155 Å². The number of benzene rings is 2. The zero-order chi connectivity index (χ0) is 42.0. The summed E-state index contributed by atoms with van der Waals surface area (Å²) in [4.78, 5) is 90.2. The highest BCUT2D eigenvalue weighted by Crippen LogP contribution is 2.30. The number of ether oxygens (including phenoxy) is 2. The smallest absolute Gasteiger partial charge is 0.328 e. The quantitative estimate of drug-likeness (QED) is 0.223. The molecule has 5 amide bonds. The van der Waals surface area contributed by atoms with E-state index >= 15 is 0 Å². The molecule has 6 atom stereocenters. The van der Waals surface area contributed by atoms with Gasteiger partial charge in [-0.15, -0.1) is 12.3 Å². The number of nitrogens with zero attached hydrogens (tertiary/aromatic N) is 3. The second-order valence-electron chi connectivity index (χ2n) is 16.0. The van der Waals surface area contributed by atoms with Gasteiger partial charge in [0.1, 0.15) is 42.1 Å². The molecule has 2 aliphatic rings. The van der Waals surface area contributed by atoms with Crippen molar-refractivity contribution in [3.8, 4) is 18.1 Å². The number of terminal acetylenes is 1. The van der Waals surface area contributed by atoms with E-state index in [1.54, 1.807) is 66.1 Å². The average Bonchev–Trinajstić information content (AvgIpc) is 3.69. The van der Waals surface area contributed by atoms with E-state index in [1.165, 1.54) is 28.7 Å². The molecule has 0 aromatic heterocycles. The molecule has 13 heteroatoms. The minimum Gasteiger partial charge on any atom is -0.497 e. The number of cyclic esters (lactones) is 1. The van der Waals surface area contributed by atoms with Crippen LogP contribution in [0.15, 0.2) is 54.6 Å². The summed E-state index contributed by atoms with van der Waals surface area (Å²) in [6.07, 6.45) is 6.73. The summed E-state index contributed by atoms with van der Waals surface area (Å²) in [5.41, 5.74) is 0.183. The highest BCUT2D eigenvalue weighted by atomic mass is 16.5. The van der Waals surface area contributed by atoms with Crippen molar-refractivity contribution < 1.29 is 38.2 Å². The van der Waals surface area contributed by atoms with Gasteiger partial charge in [0.25, 0.3) is 0 Å². The normalized spacial score (nSPS) is 25.4. The summed E-state index contributed by atoms with van der Waals surface area (Å²) in [7, 11) is 4.61. The van der Waals surface area contributed by atoms with Gasteiger partial charge in [-0.05, 0) is 75.6 Å². The van der Waals surface area contributed by atoms with Gasteiger partial charge in [0, 0.05) is 39.9 Å². The van der Waals surface area contributed by atoms with Gasteiger partial charge in [0.2, 0.25) is 29.5 Å². The maximum absolute atomic E-state index is 14.8. The summed E-state index contributed by atoms with van der Waals surface area (Å²) in [5.74, 6) is -0.458. The number of hydrogen-bond donors (Lipinski definition) is 2. The van der Waals surface area contributed by atoms with Gasteiger partial charge in [-0.1, -0.05) is 56.3 Å². The number of amides is 5. The van der Waals surface area contributed by atoms with Gasteiger partial charge >= 0.3 is 5.97 Å². The predicted octanol–water partition coefficient (Wildman–Crippen LogP) is 3.53. The number of fused-ring (bicyclic) bond motifs is 1. The summed E-state index contributed by atoms with van der Waals surface area (Å²) >= 11 is 0. The third-order valence-corrected chi connectivity index (χ3v) is 11.3. The van der Waals surface area contributed by atoms with Crippen LogP contribution in [0.25, 0.3) is 0 Å². The SMILES string of the molecule is C#CCCC[C@@H]1OC(=O)[C@H](C)NC(=O)[C@H](Cc2ccc(OC)cc2)N(C)C(=O)[C@@H]2CCCN2C(=O)[C@H](Cc2ccccc2)N(C)C(=O)[C@H](C(C)C)NC(=O)C1(C)C. The number of carbonyl (C=O) groups is 6. The van der Waals surface area contributed by atoms with Crippen LogP contribution in [0.3, 0.4) is 0 Å². The first kappa shape index (κ1) is 44.3. The molecule has 0 spiro atoms. The molecule has 2 heterocycles. The minimum atomic E-state index is -1.35. The van der Waals surface area contributed by atoms with E-state index in [1.807, 2.05) is 30.3 Å². The second-order valence-corrected chi connectivity index (χ2v) is 16.0. The number of methoxy groups -OCH3 is 1. The molecule has 0 aliphatic carbocycles. The maximum atomic E-state index is 14.8. The molecule has 2 N–H and O–H groups in total. The van der Waals surface area contributed by atoms with E-state index in [4.69, 9.17) is 15.9 Å². The standard InChI is InChI=1S/C44H59N5O8/c1-10-11-13-20-36-44(5,6)43(55)46-37(28(2)3)41(53)48(8)35(27-30-17-14-12-15-18-30)40(52)49-25-16-19-33(49)39(51)47(7)34(38(50)45-29(4)42(54)57-36)26-31-21-23-32(56-9)24-22-31/h1,12,14-15,17-18,21-24,28-29,33-37H,11,13,16,19-20,25-27H2,2-9H3,(H,45,50)(H,46,55)/t29-,33-,34-,35-,36-,37-/m0/s1. The molecule has 0 unspecified atom stereocenters. The summed E-state index contributed by atoms with van der Waals surface area (Å²) in [5, 5.41) is 5.68. The number of rotatable bonds is 9. The third-order valence-electron chi connectivity index (χ3n) is 11.3. The number of nitrogens with one attached hydrogen (secondary N) is 2. The van der Waals surface area contributed by atoms with Crippen molar-refractivity contribution in [2.45, 2.75) is 116 Å². The van der Waals surface area contributed by atoms with E-state index in [0.29, 0.717) is 31.4 Å². The van der Waals surface area contributed by atoms with Crippen LogP contribution in [-0.2, 0) is 46.3 Å². The van der Waals surface area contributed by atoms with Crippen molar-refractivity contribution in [2.75, 3.05) is 27.7 Å². The van der Waals surface area contributed by atoms with Crippen LogP contribution in [0.2, 0.25) is 0 Å². The van der Waals surface area contributed by atoms with Crippen LogP contribution in [0.4, 0.5) is 0 Å². The van der Waals surface area contributed by atoms with Crippen LogP contribution >= 0.6 is 0 Å². The molecule has 0 saturated carbocycles. The molecule has 13 nitrogen and oxygen atoms in total. The Morgan fingerprint density at radius 3 is 2.11 bits per heavy atom. The summed E-state index contributed by atoms with van der Waals surface area (Å²) in [6, 6.07) is 11.2. The van der Waals surface area contributed by atoms with Crippen molar-refractivity contribution in [1.29, 1.82) is 0 Å². The first-order valence-corrected chi connectivity index (χ1v) is 19.8. The predicted molar refractivity (Wildman–Crippen MR) is 215 cm³/mol. The molecule has 308 valence electrons. The first-order valence-electron chi connectivity index (χ1n) is 19.8. The molecule has 0 bridgehead atoms. The lowest BCUT2D eigenvalue weighted by atomic mass is 9.82. The lowest BCUT2D eigenvalue weighted by molar-refractivity contribution is -0.163. The average molecular weight is 786 g/mol.